The van der Waals surface area contributed by atoms with Gasteiger partial charge in [-0.05, 0) is 12.1 Å². The van der Waals surface area contributed by atoms with Crippen LogP contribution in [0.25, 0.3) is 10.8 Å². The lowest BCUT2D eigenvalue weighted by Crippen LogP contribution is -2.15. The topological polar surface area (TPSA) is 44.5 Å². The first-order valence-electron chi connectivity index (χ1n) is 5.86. The summed E-state index contributed by atoms with van der Waals surface area (Å²) in [5.74, 6) is 0.894. The zero-order valence-corrected chi connectivity index (χ0v) is 9.56. The number of rotatable bonds is 2. The summed E-state index contributed by atoms with van der Waals surface area (Å²) in [4.78, 5) is 0. The summed E-state index contributed by atoms with van der Waals surface area (Å²) in [7, 11) is 0. The van der Waals surface area contributed by atoms with Gasteiger partial charge in [-0.3, -0.25) is 0 Å². The Bertz CT molecular complexity index is 533. The normalized spacial score (nSPS) is 19.6. The molecule has 0 aliphatic carbocycles. The van der Waals surface area contributed by atoms with Gasteiger partial charge in [-0.2, -0.15) is 0 Å². The number of nitrogens with two attached hydrogens (primary N) is 1. The summed E-state index contributed by atoms with van der Waals surface area (Å²) in [6, 6.07) is 11.9. The molecule has 0 bridgehead atoms. The van der Waals surface area contributed by atoms with E-state index in [0.29, 0.717) is 6.61 Å². The molecule has 0 amide bonds. The molecular formula is C14H15NO2. The molecule has 0 aromatic heterocycles. The molecule has 1 aliphatic rings. The molecule has 0 radical (unpaired) electrons. The smallest absolute Gasteiger partial charge is 0.127 e. The maximum Gasteiger partial charge on any atom is 0.127 e. The first-order valence-corrected chi connectivity index (χ1v) is 5.86. The monoisotopic (exact) mass is 229 g/mol. The van der Waals surface area contributed by atoms with Gasteiger partial charge in [0.1, 0.15) is 11.9 Å². The molecule has 1 heterocycles. The summed E-state index contributed by atoms with van der Waals surface area (Å²) < 4.78 is 11.3. The third kappa shape index (κ3) is 1.94. The van der Waals surface area contributed by atoms with Gasteiger partial charge in [0.25, 0.3) is 0 Å². The Hall–Kier alpha value is -1.74. The Kier molecular flexibility index (Phi) is 2.61. The molecule has 17 heavy (non-hydrogen) atoms. The Morgan fingerprint density at radius 2 is 1.94 bits per heavy atom. The van der Waals surface area contributed by atoms with E-state index in [1.54, 1.807) is 0 Å². The molecule has 0 spiro atoms. The number of fused-ring (bicyclic) bond motifs is 1. The van der Waals surface area contributed by atoms with Gasteiger partial charge < -0.3 is 15.2 Å². The summed E-state index contributed by atoms with van der Waals surface area (Å²) in [6.45, 7) is 1.47. The van der Waals surface area contributed by atoms with Crippen molar-refractivity contribution in [3.8, 4) is 5.75 Å². The molecular weight excluding hydrogens is 214 g/mol. The fourth-order valence-corrected chi connectivity index (χ4v) is 2.18. The van der Waals surface area contributed by atoms with Gasteiger partial charge in [0.15, 0.2) is 0 Å². The van der Waals surface area contributed by atoms with Gasteiger partial charge in [-0.25, -0.2) is 0 Å². The van der Waals surface area contributed by atoms with Crippen molar-refractivity contribution in [2.24, 2.45) is 0 Å². The third-order valence-electron chi connectivity index (χ3n) is 3.10. The van der Waals surface area contributed by atoms with Gasteiger partial charge in [0.2, 0.25) is 0 Å². The number of anilines is 1. The number of benzene rings is 2. The highest BCUT2D eigenvalue weighted by Crippen LogP contribution is 2.31. The van der Waals surface area contributed by atoms with E-state index in [4.69, 9.17) is 15.2 Å². The van der Waals surface area contributed by atoms with Crippen LogP contribution >= 0.6 is 0 Å². The van der Waals surface area contributed by atoms with Crippen LogP contribution in [0.2, 0.25) is 0 Å². The SMILES string of the molecule is Nc1ccc(OC2CCOC2)c2ccccc12. The minimum Gasteiger partial charge on any atom is -0.487 e. The van der Waals surface area contributed by atoms with Gasteiger partial charge >= 0.3 is 0 Å². The lowest BCUT2D eigenvalue weighted by molar-refractivity contribution is 0.142. The molecule has 3 heteroatoms. The number of hydrogen-bond donors (Lipinski definition) is 1. The van der Waals surface area contributed by atoms with E-state index >= 15 is 0 Å². The molecule has 3 nitrogen and oxygen atoms in total. The second-order valence-electron chi connectivity index (χ2n) is 4.30. The van der Waals surface area contributed by atoms with Crippen LogP contribution in [0.1, 0.15) is 6.42 Å². The van der Waals surface area contributed by atoms with E-state index < -0.39 is 0 Å². The highest BCUT2D eigenvalue weighted by Gasteiger charge is 2.18. The Morgan fingerprint density at radius 3 is 2.71 bits per heavy atom. The maximum atomic E-state index is 5.96. The largest absolute Gasteiger partial charge is 0.487 e. The van der Waals surface area contributed by atoms with Crippen LogP contribution in [0.3, 0.4) is 0 Å². The summed E-state index contributed by atoms with van der Waals surface area (Å²) in [6.07, 6.45) is 1.13. The molecule has 1 unspecified atom stereocenters. The summed E-state index contributed by atoms with van der Waals surface area (Å²) in [5.41, 5.74) is 6.74. The van der Waals surface area contributed by atoms with Gasteiger partial charge in [-0.1, -0.05) is 24.3 Å². The van der Waals surface area contributed by atoms with E-state index in [1.165, 1.54) is 0 Å². The first kappa shape index (κ1) is 10.4. The quantitative estimate of drug-likeness (QED) is 0.805. The molecule has 1 fully saturated rings. The predicted molar refractivity (Wildman–Crippen MR) is 68.2 cm³/mol. The van der Waals surface area contributed by atoms with Crippen molar-refractivity contribution in [3.63, 3.8) is 0 Å². The molecule has 88 valence electrons. The van der Waals surface area contributed by atoms with E-state index in [2.05, 4.69) is 0 Å². The third-order valence-corrected chi connectivity index (χ3v) is 3.10. The molecule has 1 atom stereocenters. The van der Waals surface area contributed by atoms with E-state index in [9.17, 15) is 0 Å². The minimum absolute atomic E-state index is 0.169. The number of ether oxygens (including phenoxy) is 2. The van der Waals surface area contributed by atoms with Crippen molar-refractivity contribution in [1.29, 1.82) is 0 Å². The van der Waals surface area contributed by atoms with E-state index in [-0.39, 0.29) is 6.10 Å². The average molecular weight is 229 g/mol. The zero-order chi connectivity index (χ0) is 11.7. The Balaban J connectivity index is 2.01. The molecule has 1 saturated heterocycles. The van der Waals surface area contributed by atoms with Gasteiger partial charge in [0, 0.05) is 22.9 Å². The van der Waals surface area contributed by atoms with Crippen LogP contribution in [0.4, 0.5) is 5.69 Å². The summed E-state index contributed by atoms with van der Waals surface area (Å²) in [5, 5.41) is 2.11. The molecule has 0 saturated carbocycles. The Morgan fingerprint density at radius 1 is 1.12 bits per heavy atom. The first-order chi connectivity index (χ1) is 8.34. The standard InChI is InChI=1S/C14H15NO2/c15-13-5-6-14(17-10-7-8-16-9-10)12-4-2-1-3-11(12)13/h1-6,10H,7-9,15H2. The lowest BCUT2D eigenvalue weighted by Gasteiger charge is -2.14. The predicted octanol–water partition coefficient (Wildman–Crippen LogP) is 2.59. The average Bonchev–Trinajstić information content (AvgIpc) is 2.86. The van der Waals surface area contributed by atoms with Crippen LogP contribution in [0.15, 0.2) is 36.4 Å². The summed E-state index contributed by atoms with van der Waals surface area (Å²) >= 11 is 0. The van der Waals surface area contributed by atoms with Crippen LogP contribution in [0.5, 0.6) is 5.75 Å². The van der Waals surface area contributed by atoms with Crippen LogP contribution in [0, 0.1) is 0 Å². The van der Waals surface area contributed by atoms with Crippen LogP contribution < -0.4 is 10.5 Å². The van der Waals surface area contributed by atoms with Gasteiger partial charge in [0.05, 0.1) is 13.2 Å². The highest BCUT2D eigenvalue weighted by molar-refractivity contribution is 5.96. The minimum atomic E-state index is 0.169. The fourth-order valence-electron chi connectivity index (χ4n) is 2.18. The van der Waals surface area contributed by atoms with Crippen molar-refractivity contribution in [3.05, 3.63) is 36.4 Å². The van der Waals surface area contributed by atoms with Crippen molar-refractivity contribution >= 4 is 16.5 Å². The fraction of sp³-hybridized carbons (Fsp3) is 0.286. The maximum absolute atomic E-state index is 5.96. The second kappa shape index (κ2) is 4.26. The van der Waals surface area contributed by atoms with Crippen molar-refractivity contribution < 1.29 is 9.47 Å². The van der Waals surface area contributed by atoms with Gasteiger partial charge in [-0.15, -0.1) is 0 Å². The number of nitrogen functional groups attached to an aromatic ring is 1. The second-order valence-corrected chi connectivity index (χ2v) is 4.30. The molecule has 2 aromatic carbocycles. The van der Waals surface area contributed by atoms with Crippen LogP contribution in [-0.2, 0) is 4.74 Å². The van der Waals surface area contributed by atoms with Crippen molar-refractivity contribution in [1.82, 2.24) is 0 Å². The zero-order valence-electron chi connectivity index (χ0n) is 9.56. The lowest BCUT2D eigenvalue weighted by atomic mass is 10.1. The molecule has 1 aliphatic heterocycles. The van der Waals surface area contributed by atoms with Crippen molar-refractivity contribution in [2.75, 3.05) is 18.9 Å². The molecule has 2 aromatic rings. The number of hydrogen-bond acceptors (Lipinski definition) is 3. The van der Waals surface area contributed by atoms with E-state index in [1.807, 2.05) is 36.4 Å². The van der Waals surface area contributed by atoms with E-state index in [0.717, 1.165) is 35.2 Å². The molecule has 2 N–H and O–H groups in total. The van der Waals surface area contributed by atoms with Crippen LogP contribution in [-0.4, -0.2) is 19.3 Å². The molecule has 3 rings (SSSR count). The highest BCUT2D eigenvalue weighted by atomic mass is 16.5. The Labute approximate surface area is 100 Å². The van der Waals surface area contributed by atoms with Crippen molar-refractivity contribution in [2.45, 2.75) is 12.5 Å².